The van der Waals surface area contributed by atoms with Gasteiger partial charge in [-0.05, 0) is 57.4 Å². The van der Waals surface area contributed by atoms with Gasteiger partial charge in [0.1, 0.15) is 5.75 Å². The molecule has 2 fully saturated rings. The lowest BCUT2D eigenvalue weighted by atomic mass is 9.79. The monoisotopic (exact) mass is 401 g/mol. The van der Waals surface area contributed by atoms with E-state index in [0.717, 1.165) is 50.6 Å². The van der Waals surface area contributed by atoms with Gasteiger partial charge in [-0.25, -0.2) is 0 Å². The van der Waals surface area contributed by atoms with Gasteiger partial charge < -0.3 is 15.0 Å². The zero-order valence-corrected chi connectivity index (χ0v) is 18.8. The first kappa shape index (κ1) is 22.1. The molecular formula is C24H39N3O2. The molecule has 1 amide bonds. The Hall–Kier alpha value is -1.59. The lowest BCUT2D eigenvalue weighted by Gasteiger charge is -2.50. The van der Waals surface area contributed by atoms with Crippen molar-refractivity contribution >= 4 is 5.91 Å². The van der Waals surface area contributed by atoms with Crippen LogP contribution in [0.25, 0.3) is 0 Å². The fourth-order valence-corrected chi connectivity index (χ4v) is 4.84. The SMILES string of the molecule is CCN1CCN(C2(CNC(=O)C(C)Oc3cccc(C)c3C)CCCCC2)CC1. The molecule has 1 saturated heterocycles. The Kier molecular flexibility index (Phi) is 7.58. The minimum Gasteiger partial charge on any atom is -0.481 e. The van der Waals surface area contributed by atoms with E-state index in [1.807, 2.05) is 26.0 Å². The molecule has 0 spiro atoms. The fourth-order valence-electron chi connectivity index (χ4n) is 4.84. The summed E-state index contributed by atoms with van der Waals surface area (Å²) in [6.07, 6.45) is 5.72. The molecule has 0 aromatic heterocycles. The highest BCUT2D eigenvalue weighted by Gasteiger charge is 2.39. The van der Waals surface area contributed by atoms with Crippen LogP contribution in [0.3, 0.4) is 0 Å². The fraction of sp³-hybridized carbons (Fsp3) is 0.708. The highest BCUT2D eigenvalue weighted by molar-refractivity contribution is 5.80. The molecular weight excluding hydrogens is 362 g/mol. The second kappa shape index (κ2) is 9.94. The van der Waals surface area contributed by atoms with E-state index in [-0.39, 0.29) is 11.4 Å². The molecule has 0 radical (unpaired) electrons. The van der Waals surface area contributed by atoms with Crippen molar-refractivity contribution in [3.05, 3.63) is 29.3 Å². The Morgan fingerprint density at radius 1 is 1.14 bits per heavy atom. The van der Waals surface area contributed by atoms with Gasteiger partial charge in [0.25, 0.3) is 5.91 Å². The van der Waals surface area contributed by atoms with Crippen molar-refractivity contribution in [3.8, 4) is 5.75 Å². The van der Waals surface area contributed by atoms with Crippen LogP contribution in [0.15, 0.2) is 18.2 Å². The lowest BCUT2D eigenvalue weighted by molar-refractivity contribution is -0.128. The van der Waals surface area contributed by atoms with Crippen LogP contribution in [0.1, 0.15) is 57.1 Å². The average molecular weight is 402 g/mol. The van der Waals surface area contributed by atoms with E-state index in [2.05, 4.69) is 35.0 Å². The average Bonchev–Trinajstić information content (AvgIpc) is 2.76. The number of likely N-dealkylation sites (N-methyl/N-ethyl adjacent to an activating group) is 1. The Morgan fingerprint density at radius 3 is 2.48 bits per heavy atom. The van der Waals surface area contributed by atoms with Crippen LogP contribution in [0, 0.1) is 13.8 Å². The molecule has 1 unspecified atom stereocenters. The molecule has 29 heavy (non-hydrogen) atoms. The molecule has 5 heteroatoms. The smallest absolute Gasteiger partial charge is 0.260 e. The van der Waals surface area contributed by atoms with E-state index in [1.165, 1.54) is 37.7 Å². The number of ether oxygens (including phenoxy) is 1. The van der Waals surface area contributed by atoms with Crippen molar-refractivity contribution in [3.63, 3.8) is 0 Å². The van der Waals surface area contributed by atoms with E-state index < -0.39 is 6.10 Å². The van der Waals surface area contributed by atoms with Gasteiger partial charge in [-0.15, -0.1) is 0 Å². The van der Waals surface area contributed by atoms with Gasteiger partial charge >= 0.3 is 0 Å². The zero-order valence-electron chi connectivity index (χ0n) is 18.8. The number of rotatable bonds is 7. The van der Waals surface area contributed by atoms with Crippen LogP contribution in [0.2, 0.25) is 0 Å². The summed E-state index contributed by atoms with van der Waals surface area (Å²) in [6, 6.07) is 6.00. The first-order chi connectivity index (χ1) is 13.9. The molecule has 1 saturated carbocycles. The maximum Gasteiger partial charge on any atom is 0.260 e. The van der Waals surface area contributed by atoms with Gasteiger partial charge in [0.15, 0.2) is 6.10 Å². The molecule has 3 rings (SSSR count). The Labute approximate surface area is 176 Å². The second-order valence-electron chi connectivity index (χ2n) is 8.88. The molecule has 1 aliphatic carbocycles. The summed E-state index contributed by atoms with van der Waals surface area (Å²) < 4.78 is 6.00. The van der Waals surface area contributed by atoms with Gasteiger partial charge in [-0.1, -0.05) is 38.3 Å². The van der Waals surface area contributed by atoms with Crippen molar-refractivity contribution in [1.82, 2.24) is 15.1 Å². The van der Waals surface area contributed by atoms with Gasteiger partial charge in [0.05, 0.1) is 0 Å². The third-order valence-corrected chi connectivity index (χ3v) is 7.09. The topological polar surface area (TPSA) is 44.8 Å². The van der Waals surface area contributed by atoms with E-state index in [9.17, 15) is 4.79 Å². The number of aryl methyl sites for hydroxylation is 1. The van der Waals surface area contributed by atoms with Gasteiger partial charge in [-0.2, -0.15) is 0 Å². The quantitative estimate of drug-likeness (QED) is 0.759. The maximum atomic E-state index is 12.8. The number of piperazine rings is 1. The Morgan fingerprint density at radius 2 is 1.83 bits per heavy atom. The minimum atomic E-state index is -0.493. The number of nitrogens with zero attached hydrogens (tertiary/aromatic N) is 2. The van der Waals surface area contributed by atoms with Crippen LogP contribution in [-0.4, -0.2) is 66.6 Å². The Bertz CT molecular complexity index is 677. The van der Waals surface area contributed by atoms with Crippen LogP contribution in [-0.2, 0) is 4.79 Å². The lowest BCUT2D eigenvalue weighted by Crippen LogP contribution is -2.62. The summed E-state index contributed by atoms with van der Waals surface area (Å²) in [5.41, 5.74) is 2.40. The van der Waals surface area contributed by atoms with E-state index >= 15 is 0 Å². The molecule has 1 heterocycles. The standard InChI is InChI=1S/C24H39N3O2/c1-5-26-14-16-27(17-15-26)24(12-7-6-8-13-24)18-25-23(28)21(4)29-22-11-9-10-19(2)20(22)3/h9-11,21H,5-8,12-18H2,1-4H3,(H,25,28). The number of hydrogen-bond acceptors (Lipinski definition) is 4. The van der Waals surface area contributed by atoms with E-state index in [0.29, 0.717) is 0 Å². The van der Waals surface area contributed by atoms with Crippen LogP contribution >= 0.6 is 0 Å². The molecule has 1 aromatic carbocycles. The molecule has 0 bridgehead atoms. The minimum absolute atomic E-state index is 0.0111. The number of nitrogens with one attached hydrogen (secondary N) is 1. The summed E-state index contributed by atoms with van der Waals surface area (Å²) in [4.78, 5) is 18.0. The van der Waals surface area contributed by atoms with Crippen LogP contribution in [0.4, 0.5) is 0 Å². The third-order valence-electron chi connectivity index (χ3n) is 7.09. The molecule has 1 N–H and O–H groups in total. The second-order valence-corrected chi connectivity index (χ2v) is 8.88. The van der Waals surface area contributed by atoms with Crippen LogP contribution < -0.4 is 10.1 Å². The Balaban J connectivity index is 1.60. The predicted molar refractivity (Wildman–Crippen MR) is 119 cm³/mol. The van der Waals surface area contributed by atoms with Gasteiger partial charge in [0, 0.05) is 38.3 Å². The highest BCUT2D eigenvalue weighted by Crippen LogP contribution is 2.34. The van der Waals surface area contributed by atoms with Crippen molar-refractivity contribution in [2.24, 2.45) is 0 Å². The summed E-state index contributed by atoms with van der Waals surface area (Å²) in [5, 5.41) is 3.25. The van der Waals surface area contributed by atoms with Crippen molar-refractivity contribution in [2.45, 2.75) is 71.4 Å². The maximum absolute atomic E-state index is 12.8. The van der Waals surface area contributed by atoms with Crippen molar-refractivity contribution in [1.29, 1.82) is 0 Å². The number of carbonyl (C=O) groups is 1. The summed E-state index contributed by atoms with van der Waals surface area (Å²) >= 11 is 0. The molecule has 162 valence electrons. The predicted octanol–water partition coefficient (Wildman–Crippen LogP) is 3.53. The molecule has 5 nitrogen and oxygen atoms in total. The number of amides is 1. The molecule has 2 aliphatic rings. The largest absolute Gasteiger partial charge is 0.481 e. The molecule has 1 aliphatic heterocycles. The number of benzene rings is 1. The van der Waals surface area contributed by atoms with Gasteiger partial charge in [0.2, 0.25) is 0 Å². The van der Waals surface area contributed by atoms with Crippen LogP contribution in [0.5, 0.6) is 5.75 Å². The number of hydrogen-bond donors (Lipinski definition) is 1. The first-order valence-electron chi connectivity index (χ1n) is 11.4. The third kappa shape index (κ3) is 5.32. The van der Waals surface area contributed by atoms with Crippen molar-refractivity contribution < 1.29 is 9.53 Å². The molecule has 1 aromatic rings. The van der Waals surface area contributed by atoms with Crippen molar-refractivity contribution in [2.75, 3.05) is 39.3 Å². The molecule has 1 atom stereocenters. The van der Waals surface area contributed by atoms with E-state index in [1.54, 1.807) is 0 Å². The summed E-state index contributed by atoms with van der Waals surface area (Å²) in [7, 11) is 0. The highest BCUT2D eigenvalue weighted by atomic mass is 16.5. The van der Waals surface area contributed by atoms with E-state index in [4.69, 9.17) is 4.74 Å². The van der Waals surface area contributed by atoms with Gasteiger partial charge in [-0.3, -0.25) is 9.69 Å². The first-order valence-corrected chi connectivity index (χ1v) is 11.4. The number of carbonyl (C=O) groups excluding carboxylic acids is 1. The zero-order chi connectivity index (χ0) is 20.9. The summed E-state index contributed by atoms with van der Waals surface area (Å²) in [5.74, 6) is 0.791. The normalized spacial score (nSPS) is 21.5. The summed E-state index contributed by atoms with van der Waals surface area (Å²) in [6.45, 7) is 14.6.